The van der Waals surface area contributed by atoms with Crippen molar-refractivity contribution in [3.05, 3.63) is 41.7 Å². The molecule has 1 aromatic carbocycles. The first kappa shape index (κ1) is 11.7. The van der Waals surface area contributed by atoms with Gasteiger partial charge in [0.25, 0.3) is 0 Å². The Morgan fingerprint density at radius 1 is 1.20 bits per heavy atom. The monoisotopic (exact) mass is 212 g/mol. The first-order chi connectivity index (χ1) is 7.13. The average Bonchev–Trinajstić information content (AvgIpc) is 2.21. The molecule has 0 saturated carbocycles. The Morgan fingerprint density at radius 3 is 2.27 bits per heavy atom. The van der Waals surface area contributed by atoms with Gasteiger partial charge in [0.1, 0.15) is 5.75 Å². The molecule has 0 fully saturated rings. The Hall–Kier alpha value is -1.38. The summed E-state index contributed by atoms with van der Waals surface area (Å²) >= 11 is 0. The molecule has 3 heteroatoms. The summed E-state index contributed by atoms with van der Waals surface area (Å²) in [6, 6.07) is 7.19. The molecular formula is C12H14F2O. The normalized spacial score (nSPS) is 9.87. The molecule has 0 atom stereocenters. The van der Waals surface area contributed by atoms with Gasteiger partial charge in [0.2, 0.25) is 0 Å². The number of benzene rings is 1. The van der Waals surface area contributed by atoms with Crippen LogP contribution in [0.3, 0.4) is 0 Å². The van der Waals surface area contributed by atoms with Crippen LogP contribution < -0.4 is 4.74 Å². The molecule has 0 unspecified atom stereocenters. The molecule has 0 spiro atoms. The van der Waals surface area contributed by atoms with Crippen LogP contribution in [0.4, 0.5) is 8.78 Å². The van der Waals surface area contributed by atoms with Gasteiger partial charge in [-0.05, 0) is 31.0 Å². The number of rotatable bonds is 4. The molecular weight excluding hydrogens is 198 g/mol. The highest BCUT2D eigenvalue weighted by atomic mass is 19.3. The maximum Gasteiger partial charge on any atom is 0.307 e. The van der Waals surface area contributed by atoms with E-state index in [-0.39, 0.29) is 5.76 Å². The fraction of sp³-hybridized carbons (Fsp3) is 0.333. The van der Waals surface area contributed by atoms with Crippen LogP contribution in [-0.4, -0.2) is 0 Å². The summed E-state index contributed by atoms with van der Waals surface area (Å²) in [6.45, 7) is 3.34. The predicted octanol–water partition coefficient (Wildman–Crippen LogP) is 4.15. The molecule has 0 heterocycles. The van der Waals surface area contributed by atoms with Gasteiger partial charge in [0.05, 0.1) is 0 Å². The van der Waals surface area contributed by atoms with Crippen molar-refractivity contribution >= 4 is 0 Å². The Balaban J connectivity index is 2.69. The van der Waals surface area contributed by atoms with Crippen molar-refractivity contribution in [3.8, 4) is 5.75 Å². The molecule has 0 aliphatic carbocycles. The lowest BCUT2D eigenvalue weighted by Gasteiger charge is -2.05. The highest BCUT2D eigenvalue weighted by Crippen LogP contribution is 2.18. The Kier molecular flexibility index (Phi) is 4.28. The molecule has 0 aliphatic heterocycles. The Morgan fingerprint density at radius 2 is 1.80 bits per heavy atom. The summed E-state index contributed by atoms with van der Waals surface area (Å²) in [5.41, 5.74) is 1.19. The second-order valence-corrected chi connectivity index (χ2v) is 3.31. The van der Waals surface area contributed by atoms with E-state index in [0.717, 1.165) is 12.8 Å². The largest absolute Gasteiger partial charge is 0.456 e. The number of hydrogen-bond acceptors (Lipinski definition) is 1. The molecule has 0 aromatic heterocycles. The molecule has 0 radical (unpaired) electrons. The van der Waals surface area contributed by atoms with Crippen LogP contribution in [0.5, 0.6) is 5.75 Å². The third kappa shape index (κ3) is 3.70. The van der Waals surface area contributed by atoms with E-state index in [2.05, 4.69) is 6.92 Å². The zero-order chi connectivity index (χ0) is 11.3. The van der Waals surface area contributed by atoms with Crippen molar-refractivity contribution in [2.75, 3.05) is 0 Å². The molecule has 0 saturated heterocycles. The molecule has 82 valence electrons. The number of ether oxygens (including phenoxy) is 1. The van der Waals surface area contributed by atoms with Crippen LogP contribution in [0.2, 0.25) is 0 Å². The van der Waals surface area contributed by atoms with Crippen LogP contribution in [0.25, 0.3) is 0 Å². The maximum absolute atomic E-state index is 12.1. The lowest BCUT2D eigenvalue weighted by Crippen LogP contribution is -1.92. The first-order valence-corrected chi connectivity index (χ1v) is 4.92. The smallest absolute Gasteiger partial charge is 0.307 e. The van der Waals surface area contributed by atoms with E-state index in [0.29, 0.717) is 5.75 Å². The molecule has 0 bridgehead atoms. The number of halogens is 2. The van der Waals surface area contributed by atoms with Gasteiger partial charge < -0.3 is 4.74 Å². The third-order valence-corrected chi connectivity index (χ3v) is 2.00. The lowest BCUT2D eigenvalue weighted by atomic mass is 10.1. The highest BCUT2D eigenvalue weighted by molar-refractivity contribution is 5.28. The van der Waals surface area contributed by atoms with Crippen molar-refractivity contribution in [3.63, 3.8) is 0 Å². The van der Waals surface area contributed by atoms with Crippen molar-refractivity contribution in [1.29, 1.82) is 0 Å². The first-order valence-electron chi connectivity index (χ1n) is 4.92. The van der Waals surface area contributed by atoms with E-state index < -0.39 is 6.08 Å². The van der Waals surface area contributed by atoms with E-state index in [4.69, 9.17) is 4.74 Å². The van der Waals surface area contributed by atoms with Crippen LogP contribution in [0, 0.1) is 0 Å². The lowest BCUT2D eigenvalue weighted by molar-refractivity contribution is 0.330. The summed E-state index contributed by atoms with van der Waals surface area (Å²) in [7, 11) is 0. The van der Waals surface area contributed by atoms with Crippen molar-refractivity contribution < 1.29 is 13.5 Å². The molecule has 1 rings (SSSR count). The number of hydrogen-bond donors (Lipinski definition) is 0. The highest BCUT2D eigenvalue weighted by Gasteiger charge is 2.02. The SMILES string of the molecule is CCCc1ccc(OC(C)=C(F)F)cc1. The standard InChI is InChI=1S/C12H14F2O/c1-3-4-10-5-7-11(8-6-10)15-9(2)12(13)14/h5-8H,3-4H2,1-2H3. The Labute approximate surface area is 88.4 Å². The van der Waals surface area contributed by atoms with Crippen LogP contribution >= 0.6 is 0 Å². The predicted molar refractivity (Wildman–Crippen MR) is 56.0 cm³/mol. The summed E-state index contributed by atoms with van der Waals surface area (Å²) in [4.78, 5) is 0. The van der Waals surface area contributed by atoms with E-state index >= 15 is 0 Å². The summed E-state index contributed by atoms with van der Waals surface area (Å²) in [5, 5.41) is 0. The van der Waals surface area contributed by atoms with E-state index in [1.807, 2.05) is 12.1 Å². The third-order valence-electron chi connectivity index (χ3n) is 2.00. The van der Waals surface area contributed by atoms with Crippen molar-refractivity contribution in [1.82, 2.24) is 0 Å². The van der Waals surface area contributed by atoms with E-state index in [1.165, 1.54) is 12.5 Å². The second-order valence-electron chi connectivity index (χ2n) is 3.31. The average molecular weight is 212 g/mol. The van der Waals surface area contributed by atoms with E-state index in [1.54, 1.807) is 12.1 Å². The molecule has 1 aromatic rings. The summed E-state index contributed by atoms with van der Waals surface area (Å²) in [5.74, 6) is 0.0957. The van der Waals surface area contributed by atoms with Gasteiger partial charge in [0, 0.05) is 0 Å². The van der Waals surface area contributed by atoms with Crippen molar-refractivity contribution in [2.45, 2.75) is 26.7 Å². The minimum Gasteiger partial charge on any atom is -0.456 e. The van der Waals surface area contributed by atoms with Gasteiger partial charge in [-0.15, -0.1) is 0 Å². The van der Waals surface area contributed by atoms with Gasteiger partial charge in [0.15, 0.2) is 5.76 Å². The zero-order valence-corrected chi connectivity index (χ0v) is 8.89. The maximum atomic E-state index is 12.1. The molecule has 15 heavy (non-hydrogen) atoms. The van der Waals surface area contributed by atoms with Gasteiger partial charge in [-0.25, -0.2) is 0 Å². The minimum atomic E-state index is -1.78. The summed E-state index contributed by atoms with van der Waals surface area (Å²) < 4.78 is 29.1. The Bertz CT molecular complexity index is 337. The molecule has 0 aliphatic rings. The molecule has 0 amide bonds. The molecule has 0 N–H and O–H groups in total. The van der Waals surface area contributed by atoms with Gasteiger partial charge >= 0.3 is 6.08 Å². The van der Waals surface area contributed by atoms with E-state index in [9.17, 15) is 8.78 Å². The topological polar surface area (TPSA) is 9.23 Å². The van der Waals surface area contributed by atoms with Gasteiger partial charge in [-0.2, -0.15) is 8.78 Å². The number of allylic oxidation sites excluding steroid dienone is 1. The minimum absolute atomic E-state index is 0.349. The second kappa shape index (κ2) is 5.49. The van der Waals surface area contributed by atoms with Crippen LogP contribution in [-0.2, 0) is 6.42 Å². The van der Waals surface area contributed by atoms with Crippen molar-refractivity contribution in [2.24, 2.45) is 0 Å². The van der Waals surface area contributed by atoms with Crippen LogP contribution in [0.15, 0.2) is 36.1 Å². The van der Waals surface area contributed by atoms with Gasteiger partial charge in [-0.3, -0.25) is 0 Å². The summed E-state index contributed by atoms with van der Waals surface area (Å²) in [6.07, 6.45) is 0.276. The molecule has 1 nitrogen and oxygen atoms in total. The van der Waals surface area contributed by atoms with Gasteiger partial charge in [-0.1, -0.05) is 25.5 Å². The quantitative estimate of drug-likeness (QED) is 0.681. The number of aryl methyl sites for hydroxylation is 1. The zero-order valence-electron chi connectivity index (χ0n) is 8.89. The fourth-order valence-corrected chi connectivity index (χ4v) is 1.23. The fourth-order valence-electron chi connectivity index (χ4n) is 1.23. The van der Waals surface area contributed by atoms with Crippen LogP contribution in [0.1, 0.15) is 25.8 Å².